The van der Waals surface area contributed by atoms with Crippen LogP contribution in [-0.4, -0.2) is 70.5 Å². The van der Waals surface area contributed by atoms with Gasteiger partial charge in [0.25, 0.3) is 0 Å². The number of morpholine rings is 1. The number of methoxy groups -OCH3 is 1. The standard InChI is InChI=1S/C12H21N5O3/c1-19-7-4-11-9-16(6-8-20-11)12(18)3-2-5-17-10-13-14-15-17/h10-11H,2-9H2,1H3. The predicted octanol–water partition coefficient (Wildman–Crippen LogP) is -0.283. The molecule has 1 amide bonds. The van der Waals surface area contributed by atoms with Gasteiger partial charge in [-0.25, -0.2) is 4.68 Å². The molecule has 8 heteroatoms. The molecule has 112 valence electrons. The Morgan fingerprint density at radius 3 is 3.20 bits per heavy atom. The fourth-order valence-electron chi connectivity index (χ4n) is 2.20. The van der Waals surface area contributed by atoms with Crippen molar-refractivity contribution in [1.82, 2.24) is 25.1 Å². The van der Waals surface area contributed by atoms with Gasteiger partial charge in [-0.1, -0.05) is 0 Å². The highest BCUT2D eigenvalue weighted by Crippen LogP contribution is 2.11. The Morgan fingerprint density at radius 1 is 1.55 bits per heavy atom. The van der Waals surface area contributed by atoms with Gasteiger partial charge in [-0.05, 0) is 23.3 Å². The molecular weight excluding hydrogens is 262 g/mol. The fourth-order valence-corrected chi connectivity index (χ4v) is 2.20. The van der Waals surface area contributed by atoms with E-state index in [-0.39, 0.29) is 12.0 Å². The lowest BCUT2D eigenvalue weighted by Crippen LogP contribution is -2.45. The van der Waals surface area contributed by atoms with Crippen LogP contribution in [0.15, 0.2) is 6.33 Å². The Hall–Kier alpha value is -1.54. The van der Waals surface area contributed by atoms with E-state index in [2.05, 4.69) is 15.5 Å². The maximum absolute atomic E-state index is 12.1. The van der Waals surface area contributed by atoms with Crippen molar-refractivity contribution in [1.29, 1.82) is 0 Å². The van der Waals surface area contributed by atoms with Gasteiger partial charge in [0.05, 0.1) is 12.7 Å². The summed E-state index contributed by atoms with van der Waals surface area (Å²) in [5, 5.41) is 10.9. The molecule has 1 unspecified atom stereocenters. The van der Waals surface area contributed by atoms with Crippen LogP contribution in [-0.2, 0) is 20.8 Å². The molecular formula is C12H21N5O3. The molecule has 0 aliphatic carbocycles. The first-order valence-corrected chi connectivity index (χ1v) is 6.88. The minimum atomic E-state index is 0.0900. The molecule has 1 aliphatic rings. The van der Waals surface area contributed by atoms with E-state index in [4.69, 9.17) is 9.47 Å². The zero-order valence-corrected chi connectivity index (χ0v) is 11.8. The summed E-state index contributed by atoms with van der Waals surface area (Å²) in [4.78, 5) is 14.0. The van der Waals surface area contributed by atoms with Gasteiger partial charge in [0, 0.05) is 39.8 Å². The van der Waals surface area contributed by atoms with Crippen LogP contribution in [0.4, 0.5) is 0 Å². The number of carbonyl (C=O) groups excluding carboxylic acids is 1. The van der Waals surface area contributed by atoms with E-state index in [1.165, 1.54) is 0 Å². The molecule has 0 spiro atoms. The van der Waals surface area contributed by atoms with Gasteiger partial charge in [-0.3, -0.25) is 4.79 Å². The van der Waals surface area contributed by atoms with Gasteiger partial charge in [0.15, 0.2) is 0 Å². The third-order valence-electron chi connectivity index (χ3n) is 3.30. The number of tetrazole rings is 1. The van der Waals surface area contributed by atoms with Gasteiger partial charge >= 0.3 is 0 Å². The van der Waals surface area contributed by atoms with Crippen molar-refractivity contribution in [2.75, 3.05) is 33.4 Å². The Morgan fingerprint density at radius 2 is 2.45 bits per heavy atom. The van der Waals surface area contributed by atoms with E-state index in [1.807, 2.05) is 4.90 Å². The van der Waals surface area contributed by atoms with E-state index in [0.717, 1.165) is 12.8 Å². The first-order valence-electron chi connectivity index (χ1n) is 6.88. The zero-order valence-electron chi connectivity index (χ0n) is 11.8. The maximum Gasteiger partial charge on any atom is 0.222 e. The van der Waals surface area contributed by atoms with Crippen LogP contribution in [0.2, 0.25) is 0 Å². The van der Waals surface area contributed by atoms with Crippen molar-refractivity contribution in [2.45, 2.75) is 31.9 Å². The second-order valence-electron chi connectivity index (χ2n) is 4.79. The Labute approximate surface area is 118 Å². The lowest BCUT2D eigenvalue weighted by atomic mass is 10.2. The molecule has 1 atom stereocenters. The largest absolute Gasteiger partial charge is 0.385 e. The smallest absolute Gasteiger partial charge is 0.222 e. The van der Waals surface area contributed by atoms with E-state index in [9.17, 15) is 4.79 Å². The minimum Gasteiger partial charge on any atom is -0.385 e. The van der Waals surface area contributed by atoms with E-state index in [0.29, 0.717) is 39.3 Å². The Bertz CT molecular complexity index is 398. The number of hydrogen-bond acceptors (Lipinski definition) is 6. The number of hydrogen-bond donors (Lipinski definition) is 0. The van der Waals surface area contributed by atoms with E-state index >= 15 is 0 Å². The van der Waals surface area contributed by atoms with E-state index < -0.39 is 0 Å². The van der Waals surface area contributed by atoms with Gasteiger partial charge in [0.1, 0.15) is 6.33 Å². The first-order chi connectivity index (χ1) is 9.79. The third kappa shape index (κ3) is 4.53. The molecule has 20 heavy (non-hydrogen) atoms. The Balaban J connectivity index is 1.68. The van der Waals surface area contributed by atoms with Crippen LogP contribution in [0, 0.1) is 0 Å². The quantitative estimate of drug-likeness (QED) is 0.684. The van der Waals surface area contributed by atoms with Crippen molar-refractivity contribution in [3.05, 3.63) is 6.33 Å². The summed E-state index contributed by atoms with van der Waals surface area (Å²) in [5.74, 6) is 0.170. The van der Waals surface area contributed by atoms with Crippen molar-refractivity contribution in [3.63, 3.8) is 0 Å². The number of carbonyl (C=O) groups is 1. The number of aryl methyl sites for hydroxylation is 1. The molecule has 1 saturated heterocycles. The van der Waals surface area contributed by atoms with E-state index in [1.54, 1.807) is 18.1 Å². The molecule has 0 aromatic carbocycles. The maximum atomic E-state index is 12.1. The van der Waals surface area contributed by atoms with Crippen LogP contribution >= 0.6 is 0 Å². The van der Waals surface area contributed by atoms with Crippen LogP contribution < -0.4 is 0 Å². The number of aromatic nitrogens is 4. The third-order valence-corrected chi connectivity index (χ3v) is 3.30. The highest BCUT2D eigenvalue weighted by atomic mass is 16.5. The van der Waals surface area contributed by atoms with Crippen molar-refractivity contribution in [2.24, 2.45) is 0 Å². The predicted molar refractivity (Wildman–Crippen MR) is 69.9 cm³/mol. The monoisotopic (exact) mass is 283 g/mol. The zero-order chi connectivity index (χ0) is 14.2. The van der Waals surface area contributed by atoms with Crippen LogP contribution in [0.1, 0.15) is 19.3 Å². The molecule has 1 aliphatic heterocycles. The summed E-state index contributed by atoms with van der Waals surface area (Å²) in [6, 6.07) is 0. The van der Waals surface area contributed by atoms with Crippen LogP contribution in [0.25, 0.3) is 0 Å². The number of amides is 1. The summed E-state index contributed by atoms with van der Waals surface area (Å²) < 4.78 is 12.3. The SMILES string of the molecule is COCCC1CN(C(=O)CCCn2cnnn2)CCO1. The van der Waals surface area contributed by atoms with Crippen LogP contribution in [0.5, 0.6) is 0 Å². The number of nitrogens with zero attached hydrogens (tertiary/aromatic N) is 5. The fraction of sp³-hybridized carbons (Fsp3) is 0.833. The molecule has 1 aromatic rings. The molecule has 1 fully saturated rings. The summed E-state index contributed by atoms with van der Waals surface area (Å²) in [6.45, 7) is 3.26. The second-order valence-corrected chi connectivity index (χ2v) is 4.79. The summed E-state index contributed by atoms with van der Waals surface area (Å²) in [5.41, 5.74) is 0. The summed E-state index contributed by atoms with van der Waals surface area (Å²) >= 11 is 0. The first kappa shape index (κ1) is 14.9. The van der Waals surface area contributed by atoms with Crippen molar-refractivity contribution < 1.29 is 14.3 Å². The lowest BCUT2D eigenvalue weighted by Gasteiger charge is -2.33. The highest BCUT2D eigenvalue weighted by Gasteiger charge is 2.23. The normalized spacial score (nSPS) is 19.2. The van der Waals surface area contributed by atoms with Crippen LogP contribution in [0.3, 0.4) is 0 Å². The average molecular weight is 283 g/mol. The molecule has 8 nitrogen and oxygen atoms in total. The van der Waals surface area contributed by atoms with Gasteiger partial charge in [-0.2, -0.15) is 0 Å². The highest BCUT2D eigenvalue weighted by molar-refractivity contribution is 5.76. The van der Waals surface area contributed by atoms with Gasteiger partial charge < -0.3 is 14.4 Å². The molecule has 1 aromatic heterocycles. The lowest BCUT2D eigenvalue weighted by molar-refractivity contribution is -0.139. The summed E-state index contributed by atoms with van der Waals surface area (Å²) in [6.07, 6.45) is 3.72. The number of rotatable bonds is 7. The molecule has 0 radical (unpaired) electrons. The molecule has 0 saturated carbocycles. The van der Waals surface area contributed by atoms with Crippen molar-refractivity contribution in [3.8, 4) is 0 Å². The molecule has 2 rings (SSSR count). The average Bonchev–Trinajstić information content (AvgIpc) is 2.98. The Kier molecular flexibility index (Phi) is 5.87. The van der Waals surface area contributed by atoms with Gasteiger partial charge in [0.2, 0.25) is 5.91 Å². The molecule has 0 bridgehead atoms. The number of ether oxygens (including phenoxy) is 2. The topological polar surface area (TPSA) is 82.4 Å². The summed E-state index contributed by atoms with van der Waals surface area (Å²) in [7, 11) is 1.67. The second kappa shape index (κ2) is 7.91. The minimum absolute atomic E-state index is 0.0900. The molecule has 2 heterocycles. The van der Waals surface area contributed by atoms with Crippen molar-refractivity contribution >= 4 is 5.91 Å². The van der Waals surface area contributed by atoms with Gasteiger partial charge in [-0.15, -0.1) is 5.10 Å². The molecule has 0 N–H and O–H groups in total.